The van der Waals surface area contributed by atoms with E-state index in [1.165, 1.54) is 5.56 Å². The second-order valence-electron chi connectivity index (χ2n) is 5.82. The molecule has 2 N–H and O–H groups in total. The van der Waals surface area contributed by atoms with Gasteiger partial charge in [-0.05, 0) is 37.8 Å². The van der Waals surface area contributed by atoms with Crippen molar-refractivity contribution in [3.8, 4) is 11.4 Å². The third-order valence-corrected chi connectivity index (χ3v) is 3.35. The predicted molar refractivity (Wildman–Crippen MR) is 80.2 cm³/mol. The number of hydrogen-bond acceptors (Lipinski definition) is 4. The molecule has 0 aliphatic rings. The summed E-state index contributed by atoms with van der Waals surface area (Å²) in [6.07, 6.45) is 1.84. The second kappa shape index (κ2) is 6.66. The van der Waals surface area contributed by atoms with E-state index in [1.54, 1.807) is 0 Å². The molecule has 1 atom stereocenters. The molecular formula is C16H23N3O. The van der Waals surface area contributed by atoms with E-state index in [0.29, 0.717) is 30.1 Å². The van der Waals surface area contributed by atoms with Crippen molar-refractivity contribution in [3.63, 3.8) is 0 Å². The van der Waals surface area contributed by atoms with Gasteiger partial charge in [-0.2, -0.15) is 4.98 Å². The van der Waals surface area contributed by atoms with Crippen LogP contribution in [0.1, 0.15) is 31.7 Å². The first-order valence-electron chi connectivity index (χ1n) is 7.18. The smallest absolute Gasteiger partial charge is 0.227 e. The van der Waals surface area contributed by atoms with Crippen molar-refractivity contribution in [1.29, 1.82) is 0 Å². The molecule has 2 aromatic rings. The van der Waals surface area contributed by atoms with Crippen LogP contribution in [0.5, 0.6) is 0 Å². The molecule has 0 saturated heterocycles. The Hall–Kier alpha value is -1.68. The summed E-state index contributed by atoms with van der Waals surface area (Å²) in [6, 6.07) is 8.11. The summed E-state index contributed by atoms with van der Waals surface area (Å²) >= 11 is 0. The minimum atomic E-state index is 0.404. The molecule has 2 rings (SSSR count). The van der Waals surface area contributed by atoms with Crippen LogP contribution < -0.4 is 5.73 Å². The van der Waals surface area contributed by atoms with Gasteiger partial charge in [-0.3, -0.25) is 0 Å². The highest BCUT2D eigenvalue weighted by atomic mass is 16.5. The second-order valence-corrected chi connectivity index (χ2v) is 5.82. The first-order valence-corrected chi connectivity index (χ1v) is 7.18. The van der Waals surface area contributed by atoms with Crippen LogP contribution in [-0.2, 0) is 6.42 Å². The Bertz CT molecular complexity index is 548. The topological polar surface area (TPSA) is 64.9 Å². The van der Waals surface area contributed by atoms with Crippen molar-refractivity contribution in [2.75, 3.05) is 6.54 Å². The van der Waals surface area contributed by atoms with Crippen molar-refractivity contribution >= 4 is 0 Å². The fourth-order valence-electron chi connectivity index (χ4n) is 2.42. The fraction of sp³-hybridized carbons (Fsp3) is 0.500. The zero-order valence-electron chi connectivity index (χ0n) is 12.5. The molecule has 0 spiro atoms. The van der Waals surface area contributed by atoms with Crippen LogP contribution in [0.15, 0.2) is 28.8 Å². The lowest BCUT2D eigenvalue weighted by Crippen LogP contribution is -2.19. The Morgan fingerprint density at radius 3 is 2.75 bits per heavy atom. The van der Waals surface area contributed by atoms with E-state index in [1.807, 2.05) is 12.1 Å². The van der Waals surface area contributed by atoms with Gasteiger partial charge in [-0.25, -0.2) is 0 Å². The van der Waals surface area contributed by atoms with E-state index < -0.39 is 0 Å². The molecule has 4 nitrogen and oxygen atoms in total. The van der Waals surface area contributed by atoms with E-state index in [9.17, 15) is 0 Å². The molecule has 4 heteroatoms. The van der Waals surface area contributed by atoms with E-state index in [4.69, 9.17) is 10.3 Å². The molecule has 0 aliphatic heterocycles. The van der Waals surface area contributed by atoms with Gasteiger partial charge in [-0.1, -0.05) is 42.8 Å². The van der Waals surface area contributed by atoms with Crippen molar-refractivity contribution < 1.29 is 4.52 Å². The van der Waals surface area contributed by atoms with Gasteiger partial charge >= 0.3 is 0 Å². The maximum absolute atomic E-state index is 5.82. The maximum Gasteiger partial charge on any atom is 0.227 e. The van der Waals surface area contributed by atoms with E-state index in [-0.39, 0.29) is 0 Å². The zero-order chi connectivity index (χ0) is 14.5. The quantitative estimate of drug-likeness (QED) is 0.877. The Morgan fingerprint density at radius 2 is 2.10 bits per heavy atom. The molecule has 1 aromatic heterocycles. The summed E-state index contributed by atoms with van der Waals surface area (Å²) < 4.78 is 5.36. The minimum absolute atomic E-state index is 0.404. The summed E-state index contributed by atoms with van der Waals surface area (Å²) in [6.45, 7) is 7.11. The Balaban J connectivity index is 2.09. The van der Waals surface area contributed by atoms with Gasteiger partial charge in [0.05, 0.1) is 0 Å². The Morgan fingerprint density at radius 1 is 1.30 bits per heavy atom. The van der Waals surface area contributed by atoms with Crippen LogP contribution in [0.25, 0.3) is 11.4 Å². The molecule has 108 valence electrons. The summed E-state index contributed by atoms with van der Waals surface area (Å²) in [5, 5.41) is 4.07. The number of nitrogens with two attached hydrogens (primary N) is 1. The van der Waals surface area contributed by atoms with Gasteiger partial charge < -0.3 is 10.3 Å². The highest BCUT2D eigenvalue weighted by Gasteiger charge is 2.15. The molecule has 0 fully saturated rings. The van der Waals surface area contributed by atoms with Gasteiger partial charge in [0, 0.05) is 12.0 Å². The van der Waals surface area contributed by atoms with Gasteiger partial charge in [0.1, 0.15) is 0 Å². The van der Waals surface area contributed by atoms with Gasteiger partial charge in [0.15, 0.2) is 0 Å². The highest BCUT2D eigenvalue weighted by Crippen LogP contribution is 2.20. The zero-order valence-corrected chi connectivity index (χ0v) is 12.5. The number of rotatable bonds is 6. The lowest BCUT2D eigenvalue weighted by atomic mass is 9.94. The van der Waals surface area contributed by atoms with Gasteiger partial charge in [-0.15, -0.1) is 0 Å². The molecular weight excluding hydrogens is 250 g/mol. The Kier molecular flexibility index (Phi) is 4.90. The van der Waals surface area contributed by atoms with E-state index in [2.05, 4.69) is 43.0 Å². The lowest BCUT2D eigenvalue weighted by Gasteiger charge is -2.14. The lowest BCUT2D eigenvalue weighted by molar-refractivity contribution is 0.332. The molecule has 0 aliphatic carbocycles. The molecule has 1 aromatic carbocycles. The molecule has 20 heavy (non-hydrogen) atoms. The SMILES string of the molecule is Cc1cccc(-c2noc(C[C@@H](CN)CC(C)C)n2)c1. The van der Waals surface area contributed by atoms with Crippen molar-refractivity contribution in [2.24, 2.45) is 17.6 Å². The number of hydrogen-bond donors (Lipinski definition) is 1. The average molecular weight is 273 g/mol. The monoisotopic (exact) mass is 273 g/mol. The summed E-state index contributed by atoms with van der Waals surface area (Å²) in [5.74, 6) is 2.37. The largest absolute Gasteiger partial charge is 0.339 e. The van der Waals surface area contributed by atoms with Crippen LogP contribution in [0.2, 0.25) is 0 Å². The molecule has 0 bridgehead atoms. The normalized spacial score (nSPS) is 12.8. The van der Waals surface area contributed by atoms with Crippen molar-refractivity contribution in [3.05, 3.63) is 35.7 Å². The minimum Gasteiger partial charge on any atom is -0.339 e. The third-order valence-electron chi connectivity index (χ3n) is 3.35. The van der Waals surface area contributed by atoms with E-state index in [0.717, 1.165) is 18.4 Å². The molecule has 1 heterocycles. The number of benzene rings is 1. The predicted octanol–water partition coefficient (Wildman–Crippen LogP) is 3.21. The van der Waals surface area contributed by atoms with Crippen molar-refractivity contribution in [1.82, 2.24) is 10.1 Å². The van der Waals surface area contributed by atoms with E-state index >= 15 is 0 Å². The maximum atomic E-state index is 5.82. The molecule has 0 unspecified atom stereocenters. The Labute approximate surface area is 120 Å². The first kappa shape index (κ1) is 14.7. The van der Waals surface area contributed by atoms with Crippen LogP contribution in [0.3, 0.4) is 0 Å². The molecule has 0 amide bonds. The summed E-state index contributed by atoms with van der Waals surface area (Å²) in [4.78, 5) is 4.48. The molecule has 0 radical (unpaired) electrons. The highest BCUT2D eigenvalue weighted by molar-refractivity contribution is 5.55. The molecule has 0 saturated carbocycles. The summed E-state index contributed by atoms with van der Waals surface area (Å²) in [7, 11) is 0. The number of nitrogens with zero attached hydrogens (tertiary/aromatic N) is 2. The number of aryl methyl sites for hydroxylation is 1. The standard InChI is InChI=1S/C16H23N3O/c1-11(2)7-13(10-17)9-15-18-16(19-20-15)14-6-4-5-12(3)8-14/h4-6,8,11,13H,7,9-10,17H2,1-3H3/t13-/m0/s1. The van der Waals surface area contributed by atoms with Gasteiger partial charge in [0.2, 0.25) is 11.7 Å². The van der Waals surface area contributed by atoms with Crippen LogP contribution in [-0.4, -0.2) is 16.7 Å². The third kappa shape index (κ3) is 3.90. The number of aromatic nitrogens is 2. The first-order chi connectivity index (χ1) is 9.58. The van der Waals surface area contributed by atoms with Crippen LogP contribution in [0.4, 0.5) is 0 Å². The van der Waals surface area contributed by atoms with Gasteiger partial charge in [0.25, 0.3) is 0 Å². The summed E-state index contributed by atoms with van der Waals surface area (Å²) in [5.41, 5.74) is 8.00. The van der Waals surface area contributed by atoms with Crippen LogP contribution >= 0.6 is 0 Å². The average Bonchev–Trinajstić information content (AvgIpc) is 2.86. The fourth-order valence-corrected chi connectivity index (χ4v) is 2.42. The van der Waals surface area contributed by atoms with Crippen LogP contribution in [0, 0.1) is 18.8 Å². The van der Waals surface area contributed by atoms with Crippen molar-refractivity contribution in [2.45, 2.75) is 33.6 Å².